The van der Waals surface area contributed by atoms with E-state index in [0.29, 0.717) is 5.56 Å². The Bertz CT molecular complexity index is 2090. The van der Waals surface area contributed by atoms with E-state index in [1.54, 1.807) is 18.2 Å². The van der Waals surface area contributed by atoms with E-state index in [9.17, 15) is 9.59 Å². The lowest BCUT2D eigenvalue weighted by atomic mass is 10.0. The topological polar surface area (TPSA) is 84.6 Å². The van der Waals surface area contributed by atoms with Gasteiger partial charge in [-0.25, -0.2) is 13.6 Å². The number of halogens is 2. The van der Waals surface area contributed by atoms with Crippen LogP contribution < -0.4 is 15.2 Å². The van der Waals surface area contributed by atoms with Crippen molar-refractivity contribution in [2.24, 2.45) is 7.05 Å². The number of esters is 1. The Morgan fingerprint density at radius 2 is 1.43 bits per heavy atom. The zero-order valence-corrected chi connectivity index (χ0v) is 25.1. The number of fused-ring (bicyclic) bond motifs is 1. The maximum Gasteiger partial charge on any atom is 0.333 e. The quantitative estimate of drug-likeness (QED) is 0.162. The van der Waals surface area contributed by atoms with Crippen LogP contribution >= 0.6 is 0 Å². The monoisotopic (exact) mass is 621 g/mol. The molecule has 8 nitrogen and oxygen atoms in total. The van der Waals surface area contributed by atoms with Crippen LogP contribution in [0.1, 0.15) is 16.7 Å². The number of aromatic nitrogens is 3. The number of pyridine rings is 1. The Hall–Kier alpha value is -5.77. The number of aryl methyl sites for hydroxylation is 1. The van der Waals surface area contributed by atoms with Crippen molar-refractivity contribution in [2.75, 3.05) is 7.11 Å². The Kier molecular flexibility index (Phi) is 8.60. The zero-order chi connectivity index (χ0) is 32.2. The van der Waals surface area contributed by atoms with Crippen LogP contribution in [0.25, 0.3) is 27.8 Å². The van der Waals surface area contributed by atoms with Crippen LogP contribution in [0.15, 0.2) is 108 Å². The summed E-state index contributed by atoms with van der Waals surface area (Å²) in [5.74, 6) is -1.62. The van der Waals surface area contributed by atoms with E-state index >= 15 is 8.78 Å². The molecule has 2 aromatic heterocycles. The number of rotatable bonds is 10. The van der Waals surface area contributed by atoms with Gasteiger partial charge in [-0.1, -0.05) is 72.8 Å². The molecule has 0 unspecified atom stereocenters. The number of carbonyl (C=O) groups excluding carboxylic acids is 1. The molecule has 0 amide bonds. The van der Waals surface area contributed by atoms with Gasteiger partial charge < -0.3 is 14.2 Å². The van der Waals surface area contributed by atoms with Crippen molar-refractivity contribution in [1.82, 2.24) is 14.1 Å². The van der Waals surface area contributed by atoms with Gasteiger partial charge in [-0.15, -0.1) is 0 Å². The van der Waals surface area contributed by atoms with Crippen molar-refractivity contribution in [3.8, 4) is 28.6 Å². The van der Waals surface area contributed by atoms with Crippen LogP contribution in [-0.4, -0.2) is 27.2 Å². The number of carbonyl (C=O) groups is 1. The number of nitrogens with zero attached hydrogens (tertiary/aromatic N) is 3. The third-order valence-corrected chi connectivity index (χ3v) is 7.55. The van der Waals surface area contributed by atoms with Gasteiger partial charge in [-0.3, -0.25) is 13.9 Å². The van der Waals surface area contributed by atoms with E-state index in [4.69, 9.17) is 9.47 Å². The molecule has 6 rings (SSSR count). The summed E-state index contributed by atoms with van der Waals surface area (Å²) < 4.78 is 50.5. The largest absolute Gasteiger partial charge is 0.473 e. The summed E-state index contributed by atoms with van der Waals surface area (Å²) in [6.07, 6.45) is -0.120. The van der Waals surface area contributed by atoms with Crippen LogP contribution in [0.4, 0.5) is 8.78 Å². The molecule has 10 heteroatoms. The van der Waals surface area contributed by atoms with Crippen molar-refractivity contribution < 1.29 is 27.8 Å². The molecule has 0 saturated carbocycles. The Morgan fingerprint density at radius 1 is 0.783 bits per heavy atom. The summed E-state index contributed by atoms with van der Waals surface area (Å²) in [5, 5.41) is 0. The highest BCUT2D eigenvalue weighted by molar-refractivity contribution is 5.85. The summed E-state index contributed by atoms with van der Waals surface area (Å²) in [5.41, 5.74) is 2.11. The smallest absolute Gasteiger partial charge is 0.333 e. The molecule has 0 saturated heterocycles. The molecule has 0 bridgehead atoms. The van der Waals surface area contributed by atoms with Gasteiger partial charge in [0.2, 0.25) is 11.8 Å². The molecule has 4 aromatic carbocycles. The SMILES string of the molecule is COC(=O)Cc1ccc(-c2ccc3c(c2F)n(C)c(=O)n3-c2ccc(OCc3ccccc3)nc2OCc2ccccc2)c(F)c1. The predicted octanol–water partition coefficient (Wildman–Crippen LogP) is 6.54. The first-order chi connectivity index (χ1) is 22.3. The second-order valence-electron chi connectivity index (χ2n) is 10.6. The number of imidazole rings is 1. The van der Waals surface area contributed by atoms with Gasteiger partial charge in [0.1, 0.15) is 30.2 Å². The van der Waals surface area contributed by atoms with Crippen LogP contribution in [0.5, 0.6) is 11.8 Å². The lowest BCUT2D eigenvalue weighted by Crippen LogP contribution is -2.21. The Labute approximate surface area is 263 Å². The summed E-state index contributed by atoms with van der Waals surface area (Å²) in [4.78, 5) is 29.9. The molecule has 232 valence electrons. The molecular formula is C36H29F2N3O5. The summed E-state index contributed by atoms with van der Waals surface area (Å²) in [6.45, 7) is 0.431. The predicted molar refractivity (Wildman–Crippen MR) is 169 cm³/mol. The third-order valence-electron chi connectivity index (χ3n) is 7.55. The fourth-order valence-corrected chi connectivity index (χ4v) is 5.20. The summed E-state index contributed by atoms with van der Waals surface area (Å²) >= 11 is 0. The average Bonchev–Trinajstić information content (AvgIpc) is 3.33. The van der Waals surface area contributed by atoms with Crippen molar-refractivity contribution in [3.05, 3.63) is 142 Å². The first kappa shape index (κ1) is 30.3. The lowest BCUT2D eigenvalue weighted by molar-refractivity contribution is -0.139. The van der Waals surface area contributed by atoms with E-state index in [1.807, 2.05) is 60.7 Å². The molecule has 6 aromatic rings. The van der Waals surface area contributed by atoms with Crippen LogP contribution in [0.2, 0.25) is 0 Å². The highest BCUT2D eigenvalue weighted by Crippen LogP contribution is 2.33. The normalized spacial score (nSPS) is 11.0. The first-order valence-electron chi connectivity index (χ1n) is 14.4. The molecule has 2 heterocycles. The van der Waals surface area contributed by atoms with Gasteiger partial charge in [0.25, 0.3) is 0 Å². The molecule has 0 N–H and O–H groups in total. The van der Waals surface area contributed by atoms with Crippen molar-refractivity contribution in [1.29, 1.82) is 0 Å². The van der Waals surface area contributed by atoms with Crippen molar-refractivity contribution in [2.45, 2.75) is 19.6 Å². The highest BCUT2D eigenvalue weighted by atomic mass is 19.1. The molecular weight excluding hydrogens is 592 g/mol. The molecule has 0 aliphatic rings. The second-order valence-corrected chi connectivity index (χ2v) is 10.6. The van der Waals surface area contributed by atoms with Gasteiger partial charge in [0, 0.05) is 24.2 Å². The highest BCUT2D eigenvalue weighted by Gasteiger charge is 2.23. The van der Waals surface area contributed by atoms with Gasteiger partial charge in [0.05, 0.1) is 19.0 Å². The van der Waals surface area contributed by atoms with Crippen molar-refractivity contribution >= 4 is 17.0 Å². The number of hydrogen-bond acceptors (Lipinski definition) is 6. The van der Waals surface area contributed by atoms with Crippen molar-refractivity contribution in [3.63, 3.8) is 0 Å². The Balaban J connectivity index is 1.41. The number of ether oxygens (including phenoxy) is 3. The van der Waals surface area contributed by atoms with Gasteiger partial charge in [-0.2, -0.15) is 4.98 Å². The Morgan fingerprint density at radius 3 is 2.09 bits per heavy atom. The average molecular weight is 622 g/mol. The lowest BCUT2D eigenvalue weighted by Gasteiger charge is -2.14. The molecule has 0 aliphatic heterocycles. The van der Waals surface area contributed by atoms with Gasteiger partial charge in [0.15, 0.2) is 5.82 Å². The minimum Gasteiger partial charge on any atom is -0.473 e. The fourth-order valence-electron chi connectivity index (χ4n) is 5.20. The second kappa shape index (κ2) is 13.1. The van der Waals surface area contributed by atoms with E-state index < -0.39 is 23.3 Å². The summed E-state index contributed by atoms with van der Waals surface area (Å²) in [7, 11) is 2.69. The van der Waals surface area contributed by atoms with Crippen LogP contribution in [0, 0.1) is 11.6 Å². The maximum absolute atomic E-state index is 16.2. The molecule has 46 heavy (non-hydrogen) atoms. The van der Waals surface area contributed by atoms with E-state index in [0.717, 1.165) is 11.1 Å². The molecule has 0 atom stereocenters. The van der Waals surface area contributed by atoms with E-state index in [2.05, 4.69) is 9.72 Å². The number of benzene rings is 4. The molecule has 0 spiro atoms. The minimum atomic E-state index is -0.780. The number of hydrogen-bond donors (Lipinski definition) is 0. The first-order valence-corrected chi connectivity index (χ1v) is 14.4. The standard InChI is InChI=1S/C36H29F2N3O5/c1-40-34-29(16-15-27(33(34)38)26-14-13-25(19-28(26)37)20-32(42)44-2)41(36(40)43)30-17-18-31(45-21-23-9-5-3-6-10-23)39-35(30)46-22-24-11-7-4-8-12-24/h3-19H,20-22H2,1-2H3. The molecule has 0 aliphatic carbocycles. The van der Waals surface area contributed by atoms with E-state index in [1.165, 1.54) is 47.6 Å². The fraction of sp³-hybridized carbons (Fsp3) is 0.139. The van der Waals surface area contributed by atoms with Crippen LogP contribution in [0.3, 0.4) is 0 Å². The minimum absolute atomic E-state index is 0.0123. The van der Waals surface area contributed by atoms with Gasteiger partial charge in [-0.05, 0) is 41.0 Å². The molecule has 0 radical (unpaired) electrons. The maximum atomic E-state index is 16.2. The zero-order valence-electron chi connectivity index (χ0n) is 25.1. The molecule has 0 fully saturated rings. The van der Waals surface area contributed by atoms with Crippen LogP contribution in [-0.2, 0) is 36.2 Å². The summed E-state index contributed by atoms with van der Waals surface area (Å²) in [6, 6.07) is 29.4. The van der Waals surface area contributed by atoms with E-state index in [-0.39, 0.29) is 59.2 Å². The third kappa shape index (κ3) is 6.10. The van der Waals surface area contributed by atoms with Gasteiger partial charge >= 0.3 is 11.7 Å². The number of methoxy groups -OCH3 is 1.